The Kier molecular flexibility index (Phi) is 5.86. The van der Waals surface area contributed by atoms with Crippen molar-refractivity contribution >= 4 is 11.9 Å². The van der Waals surface area contributed by atoms with Crippen molar-refractivity contribution in [2.45, 2.75) is 51.4 Å². The maximum absolute atomic E-state index is 12.7. The molecule has 2 unspecified atom stereocenters. The number of rotatable bonds is 3. The van der Waals surface area contributed by atoms with Gasteiger partial charge in [-0.25, -0.2) is 4.79 Å². The highest BCUT2D eigenvalue weighted by atomic mass is 19.4. The fourth-order valence-corrected chi connectivity index (χ4v) is 2.93. The van der Waals surface area contributed by atoms with Crippen LogP contribution in [-0.2, 0) is 17.5 Å². The molecule has 9 heteroatoms. The molecule has 1 aromatic rings. The zero-order valence-corrected chi connectivity index (χ0v) is 13.7. The molecule has 1 aliphatic rings. The number of imide groups is 1. The first-order valence-corrected chi connectivity index (χ1v) is 8.05. The molecule has 6 nitrogen and oxygen atoms in total. The number of nitrogens with zero attached hydrogens (tertiary/aromatic N) is 1. The van der Waals surface area contributed by atoms with Gasteiger partial charge in [-0.3, -0.25) is 14.9 Å². The van der Waals surface area contributed by atoms with Crippen LogP contribution in [0.25, 0.3) is 0 Å². The molecule has 0 aliphatic heterocycles. The molecule has 2 rings (SSSR count). The second-order valence-corrected chi connectivity index (χ2v) is 6.24. The summed E-state index contributed by atoms with van der Waals surface area (Å²) in [5.41, 5.74) is -2.69. The first-order chi connectivity index (χ1) is 11.7. The number of nitrogens with one attached hydrogen (secondary N) is 2. The fraction of sp³-hybridized carbons (Fsp3) is 0.562. The van der Waals surface area contributed by atoms with E-state index in [2.05, 4.69) is 10.6 Å². The molecule has 0 saturated heterocycles. The number of hydrogen-bond acceptors (Lipinski definition) is 3. The molecule has 0 spiro atoms. The Labute approximate surface area is 142 Å². The molecule has 138 valence electrons. The van der Waals surface area contributed by atoms with Crippen molar-refractivity contribution in [1.29, 1.82) is 0 Å². The number of aromatic nitrogens is 1. The van der Waals surface area contributed by atoms with Crippen LogP contribution < -0.4 is 16.2 Å². The van der Waals surface area contributed by atoms with Crippen molar-refractivity contribution in [2.75, 3.05) is 0 Å². The summed E-state index contributed by atoms with van der Waals surface area (Å²) in [5, 5.41) is 4.75. The maximum atomic E-state index is 12.7. The Morgan fingerprint density at radius 1 is 1.28 bits per heavy atom. The van der Waals surface area contributed by atoms with E-state index in [1.165, 1.54) is 0 Å². The van der Waals surface area contributed by atoms with Crippen LogP contribution >= 0.6 is 0 Å². The van der Waals surface area contributed by atoms with Gasteiger partial charge in [0.05, 0.1) is 0 Å². The molecular formula is C16H20F3N3O3. The smallest absolute Gasteiger partial charge is 0.335 e. The zero-order chi connectivity index (χ0) is 18.6. The average molecular weight is 359 g/mol. The number of alkyl halides is 3. The predicted octanol–water partition coefficient (Wildman–Crippen LogP) is 2.27. The van der Waals surface area contributed by atoms with Crippen molar-refractivity contribution in [3.63, 3.8) is 0 Å². The first-order valence-electron chi connectivity index (χ1n) is 8.05. The molecule has 2 N–H and O–H groups in total. The molecule has 1 saturated carbocycles. The lowest BCUT2D eigenvalue weighted by Gasteiger charge is -2.29. The number of hydrogen-bond donors (Lipinski definition) is 2. The van der Waals surface area contributed by atoms with Gasteiger partial charge in [-0.2, -0.15) is 13.2 Å². The average Bonchev–Trinajstić information content (AvgIpc) is 2.50. The normalized spacial score (nSPS) is 20.8. The summed E-state index contributed by atoms with van der Waals surface area (Å²) in [5.74, 6) is -0.567. The summed E-state index contributed by atoms with van der Waals surface area (Å²) in [4.78, 5) is 35.5. The summed E-state index contributed by atoms with van der Waals surface area (Å²) in [7, 11) is 0. The second kappa shape index (κ2) is 7.71. The topological polar surface area (TPSA) is 80.2 Å². The molecule has 0 aromatic carbocycles. The van der Waals surface area contributed by atoms with Crippen LogP contribution in [0.15, 0.2) is 23.1 Å². The van der Waals surface area contributed by atoms with Crippen molar-refractivity contribution in [3.05, 3.63) is 34.2 Å². The molecule has 1 aromatic heterocycles. The third-order valence-corrected chi connectivity index (χ3v) is 4.32. The van der Waals surface area contributed by atoms with Gasteiger partial charge in [0, 0.05) is 12.2 Å². The molecule has 3 amide bonds. The molecule has 2 atom stereocenters. The second-order valence-electron chi connectivity index (χ2n) is 6.24. The Balaban J connectivity index is 1.96. The Morgan fingerprint density at radius 3 is 2.60 bits per heavy atom. The van der Waals surface area contributed by atoms with Crippen LogP contribution in [-0.4, -0.2) is 22.5 Å². The quantitative estimate of drug-likeness (QED) is 0.869. The van der Waals surface area contributed by atoms with Crippen LogP contribution in [0.4, 0.5) is 18.0 Å². The van der Waals surface area contributed by atoms with E-state index in [0.29, 0.717) is 16.6 Å². The van der Waals surface area contributed by atoms with Gasteiger partial charge in [-0.1, -0.05) is 19.8 Å². The van der Waals surface area contributed by atoms with E-state index in [-0.39, 0.29) is 6.04 Å². The van der Waals surface area contributed by atoms with E-state index in [9.17, 15) is 27.6 Å². The third kappa shape index (κ3) is 5.07. The van der Waals surface area contributed by atoms with E-state index in [1.54, 1.807) is 0 Å². The SMILES string of the molecule is CC1CCCCC1NC(=O)NC(=O)Cn1cccc(C(F)(F)F)c1=O. The van der Waals surface area contributed by atoms with Crippen LogP contribution in [0, 0.1) is 5.92 Å². The molecule has 0 bridgehead atoms. The zero-order valence-electron chi connectivity index (χ0n) is 13.7. The number of pyridine rings is 1. The molecular weight excluding hydrogens is 339 g/mol. The summed E-state index contributed by atoms with van der Waals surface area (Å²) < 4.78 is 38.7. The van der Waals surface area contributed by atoms with Gasteiger partial charge in [0.25, 0.3) is 5.56 Å². The summed E-state index contributed by atoms with van der Waals surface area (Å²) in [6.07, 6.45) is 0.152. The molecule has 1 fully saturated rings. The Bertz CT molecular complexity index is 700. The maximum Gasteiger partial charge on any atom is 0.421 e. The molecule has 0 radical (unpaired) electrons. The number of urea groups is 1. The van der Waals surface area contributed by atoms with Crippen molar-refractivity contribution < 1.29 is 22.8 Å². The van der Waals surface area contributed by atoms with Crippen LogP contribution in [0.2, 0.25) is 0 Å². The number of carbonyl (C=O) groups excluding carboxylic acids is 2. The largest absolute Gasteiger partial charge is 0.421 e. The van der Waals surface area contributed by atoms with Crippen molar-refractivity contribution in [1.82, 2.24) is 15.2 Å². The number of amides is 3. The molecule has 25 heavy (non-hydrogen) atoms. The van der Waals surface area contributed by atoms with Gasteiger partial charge in [0.2, 0.25) is 5.91 Å². The van der Waals surface area contributed by atoms with Gasteiger partial charge in [-0.15, -0.1) is 0 Å². The van der Waals surface area contributed by atoms with E-state index in [0.717, 1.165) is 37.9 Å². The minimum Gasteiger partial charge on any atom is -0.335 e. The van der Waals surface area contributed by atoms with E-state index >= 15 is 0 Å². The van der Waals surface area contributed by atoms with Gasteiger partial charge >= 0.3 is 12.2 Å². The highest BCUT2D eigenvalue weighted by molar-refractivity contribution is 5.94. The lowest BCUT2D eigenvalue weighted by molar-refractivity contribution is -0.139. The summed E-state index contributed by atoms with van der Waals surface area (Å²) >= 11 is 0. The van der Waals surface area contributed by atoms with Crippen LogP contribution in [0.5, 0.6) is 0 Å². The Morgan fingerprint density at radius 2 is 1.96 bits per heavy atom. The lowest BCUT2D eigenvalue weighted by Crippen LogP contribution is -2.48. The summed E-state index contributed by atoms with van der Waals surface area (Å²) in [6, 6.07) is 0.927. The minimum atomic E-state index is -4.80. The fourth-order valence-electron chi connectivity index (χ4n) is 2.93. The van der Waals surface area contributed by atoms with Crippen LogP contribution in [0.3, 0.4) is 0 Å². The number of carbonyl (C=O) groups is 2. The predicted molar refractivity (Wildman–Crippen MR) is 83.8 cm³/mol. The van der Waals surface area contributed by atoms with Gasteiger partial charge in [-0.05, 0) is 30.9 Å². The van der Waals surface area contributed by atoms with Gasteiger partial charge in [0.1, 0.15) is 12.1 Å². The van der Waals surface area contributed by atoms with Crippen molar-refractivity contribution in [2.24, 2.45) is 5.92 Å². The van der Waals surface area contributed by atoms with E-state index in [4.69, 9.17) is 0 Å². The first kappa shape index (κ1) is 19.0. The Hall–Kier alpha value is -2.32. The highest BCUT2D eigenvalue weighted by Gasteiger charge is 2.34. The molecule has 1 aliphatic carbocycles. The minimum absolute atomic E-state index is 0.0437. The highest BCUT2D eigenvalue weighted by Crippen LogP contribution is 2.26. The number of halogens is 3. The third-order valence-electron chi connectivity index (χ3n) is 4.32. The lowest BCUT2D eigenvalue weighted by atomic mass is 9.86. The molecule has 1 heterocycles. The monoisotopic (exact) mass is 359 g/mol. The van der Waals surface area contributed by atoms with Gasteiger partial charge in [0.15, 0.2) is 0 Å². The van der Waals surface area contributed by atoms with E-state index in [1.807, 2.05) is 6.92 Å². The van der Waals surface area contributed by atoms with Gasteiger partial charge < -0.3 is 9.88 Å². The van der Waals surface area contributed by atoms with Crippen LogP contribution in [0.1, 0.15) is 38.2 Å². The standard InChI is InChI=1S/C16H20F3N3O3/c1-10-5-2-3-7-12(10)20-15(25)21-13(23)9-22-8-4-6-11(14(22)24)16(17,18)19/h4,6,8,10,12H,2-3,5,7,9H2,1H3,(H2,20,21,23,25). The van der Waals surface area contributed by atoms with E-state index < -0.39 is 35.8 Å². The summed E-state index contributed by atoms with van der Waals surface area (Å²) in [6.45, 7) is 1.34. The van der Waals surface area contributed by atoms with Crippen molar-refractivity contribution in [3.8, 4) is 0 Å².